The summed E-state index contributed by atoms with van der Waals surface area (Å²) in [7, 11) is 0. The second-order valence-corrected chi connectivity index (χ2v) is 8.77. The fraction of sp³-hybridized carbons (Fsp3) is 0.167. The molecule has 0 aliphatic rings. The minimum Gasteiger partial charge on any atom is -0.480 e. The van der Waals surface area contributed by atoms with Gasteiger partial charge in [0.05, 0.1) is 10.2 Å². The number of benzene rings is 2. The van der Waals surface area contributed by atoms with Gasteiger partial charge >= 0.3 is 5.97 Å². The van der Waals surface area contributed by atoms with Crippen LogP contribution in [-0.4, -0.2) is 33.8 Å². The SMILES string of the molecule is O=C(O)[C@H](CS)NC(=O)[C@H](Sc1nc2cc(Cl)ccc2s1)c1ccccc1. The van der Waals surface area contributed by atoms with Crippen LogP contribution in [0.2, 0.25) is 5.02 Å². The molecule has 2 N–H and O–H groups in total. The second kappa shape index (κ2) is 8.97. The van der Waals surface area contributed by atoms with Gasteiger partial charge in [-0.1, -0.05) is 53.7 Å². The molecule has 0 aliphatic carbocycles. The van der Waals surface area contributed by atoms with Gasteiger partial charge in [-0.2, -0.15) is 12.6 Å². The van der Waals surface area contributed by atoms with E-state index in [0.717, 1.165) is 15.8 Å². The molecule has 2 atom stereocenters. The highest BCUT2D eigenvalue weighted by molar-refractivity contribution is 8.02. The van der Waals surface area contributed by atoms with Crippen LogP contribution in [0.4, 0.5) is 0 Å². The van der Waals surface area contributed by atoms with Crippen molar-refractivity contribution in [3.8, 4) is 0 Å². The van der Waals surface area contributed by atoms with Gasteiger partial charge in [-0.15, -0.1) is 11.3 Å². The van der Waals surface area contributed by atoms with Crippen molar-refractivity contribution in [2.45, 2.75) is 15.6 Å². The molecule has 0 bridgehead atoms. The number of fused-ring (bicyclic) bond motifs is 1. The van der Waals surface area contributed by atoms with Gasteiger partial charge in [-0.3, -0.25) is 4.79 Å². The predicted molar refractivity (Wildman–Crippen MR) is 113 cm³/mol. The van der Waals surface area contributed by atoms with Crippen LogP contribution in [0.3, 0.4) is 0 Å². The van der Waals surface area contributed by atoms with Crippen molar-refractivity contribution in [2.24, 2.45) is 0 Å². The molecule has 0 saturated carbocycles. The summed E-state index contributed by atoms with van der Waals surface area (Å²) in [5.74, 6) is -1.51. The molecule has 3 rings (SSSR count). The fourth-order valence-corrected chi connectivity index (χ4v) is 5.03. The Morgan fingerprint density at radius 2 is 2.00 bits per heavy atom. The van der Waals surface area contributed by atoms with E-state index in [9.17, 15) is 14.7 Å². The summed E-state index contributed by atoms with van der Waals surface area (Å²) >= 11 is 12.8. The lowest BCUT2D eigenvalue weighted by molar-refractivity contribution is -0.141. The Kier molecular flexibility index (Phi) is 6.64. The van der Waals surface area contributed by atoms with Crippen molar-refractivity contribution in [2.75, 3.05) is 5.75 Å². The Morgan fingerprint density at radius 3 is 2.67 bits per heavy atom. The summed E-state index contributed by atoms with van der Waals surface area (Å²) in [6.07, 6.45) is 0. The molecule has 1 aromatic heterocycles. The number of carboxylic acid groups (broad SMARTS) is 1. The van der Waals surface area contributed by atoms with E-state index in [1.165, 1.54) is 23.1 Å². The number of thiazole rings is 1. The van der Waals surface area contributed by atoms with Gasteiger partial charge in [-0.25, -0.2) is 9.78 Å². The predicted octanol–water partition coefficient (Wildman–Crippen LogP) is 4.28. The van der Waals surface area contributed by atoms with Crippen LogP contribution < -0.4 is 5.32 Å². The highest BCUT2D eigenvalue weighted by Crippen LogP contribution is 2.39. The molecule has 0 unspecified atom stereocenters. The molecule has 9 heteroatoms. The van der Waals surface area contributed by atoms with Gasteiger partial charge in [0.25, 0.3) is 0 Å². The maximum atomic E-state index is 12.8. The number of carboxylic acids is 1. The van der Waals surface area contributed by atoms with E-state index in [1.54, 1.807) is 12.1 Å². The number of hydrogen-bond acceptors (Lipinski definition) is 6. The maximum Gasteiger partial charge on any atom is 0.327 e. The van der Waals surface area contributed by atoms with E-state index >= 15 is 0 Å². The summed E-state index contributed by atoms with van der Waals surface area (Å²) in [5.41, 5.74) is 1.53. The van der Waals surface area contributed by atoms with Crippen molar-refractivity contribution >= 4 is 69.4 Å². The number of amides is 1. The van der Waals surface area contributed by atoms with Crippen molar-refractivity contribution in [1.82, 2.24) is 10.3 Å². The second-order valence-electron chi connectivity index (χ2n) is 5.58. The fourth-order valence-electron chi connectivity index (χ4n) is 2.36. The number of carbonyl (C=O) groups excluding carboxylic acids is 1. The lowest BCUT2D eigenvalue weighted by Crippen LogP contribution is -2.43. The lowest BCUT2D eigenvalue weighted by atomic mass is 10.1. The first-order valence-corrected chi connectivity index (χ1v) is 10.6. The first-order valence-electron chi connectivity index (χ1n) is 7.89. The van der Waals surface area contributed by atoms with Crippen molar-refractivity contribution in [3.05, 3.63) is 59.1 Å². The summed E-state index contributed by atoms with van der Waals surface area (Å²) in [6, 6.07) is 13.6. The molecule has 0 fully saturated rings. The van der Waals surface area contributed by atoms with Crippen molar-refractivity contribution in [3.63, 3.8) is 0 Å². The third-order valence-electron chi connectivity index (χ3n) is 3.69. The molecular formula is C18H15ClN2O3S3. The number of carbonyl (C=O) groups is 2. The largest absolute Gasteiger partial charge is 0.480 e. The third-order valence-corrected chi connectivity index (χ3v) is 6.67. The Balaban J connectivity index is 1.89. The Labute approximate surface area is 174 Å². The van der Waals surface area contributed by atoms with Crippen LogP contribution in [0.25, 0.3) is 10.2 Å². The summed E-state index contributed by atoms with van der Waals surface area (Å²) < 4.78 is 1.67. The Bertz CT molecular complexity index is 965. The Hall–Kier alpha value is -1.74. The molecule has 1 amide bonds. The summed E-state index contributed by atoms with van der Waals surface area (Å²) in [5, 5.41) is 11.7. The number of nitrogens with zero attached hydrogens (tertiary/aromatic N) is 1. The number of aliphatic carboxylic acids is 1. The normalized spacial score (nSPS) is 13.3. The molecule has 1 heterocycles. The van der Waals surface area contributed by atoms with Crippen LogP contribution in [0, 0.1) is 0 Å². The van der Waals surface area contributed by atoms with E-state index in [0.29, 0.717) is 9.36 Å². The number of nitrogens with one attached hydrogen (secondary N) is 1. The van der Waals surface area contributed by atoms with Gasteiger partial charge in [0.15, 0.2) is 4.34 Å². The molecule has 27 heavy (non-hydrogen) atoms. The molecule has 5 nitrogen and oxygen atoms in total. The first-order chi connectivity index (χ1) is 13.0. The van der Waals surface area contributed by atoms with Crippen molar-refractivity contribution < 1.29 is 14.7 Å². The number of thioether (sulfide) groups is 1. The van der Waals surface area contributed by atoms with Gasteiger partial charge < -0.3 is 10.4 Å². The van der Waals surface area contributed by atoms with Crippen molar-refractivity contribution in [1.29, 1.82) is 0 Å². The lowest BCUT2D eigenvalue weighted by Gasteiger charge is -2.18. The van der Waals surface area contributed by atoms with E-state index in [2.05, 4.69) is 22.9 Å². The number of halogens is 1. The van der Waals surface area contributed by atoms with Gasteiger partial charge in [0.1, 0.15) is 11.3 Å². The Morgan fingerprint density at radius 1 is 1.26 bits per heavy atom. The van der Waals surface area contributed by atoms with E-state index in [-0.39, 0.29) is 5.75 Å². The number of thiol groups is 1. The topological polar surface area (TPSA) is 79.3 Å². The zero-order valence-electron chi connectivity index (χ0n) is 13.8. The minimum absolute atomic E-state index is 0.00683. The summed E-state index contributed by atoms with van der Waals surface area (Å²) in [6.45, 7) is 0. The molecular weight excluding hydrogens is 424 g/mol. The van der Waals surface area contributed by atoms with E-state index in [1.807, 2.05) is 36.4 Å². The minimum atomic E-state index is -1.12. The highest BCUT2D eigenvalue weighted by atomic mass is 35.5. The monoisotopic (exact) mass is 438 g/mol. The van der Waals surface area contributed by atoms with Crippen LogP contribution in [0.5, 0.6) is 0 Å². The maximum absolute atomic E-state index is 12.8. The smallest absolute Gasteiger partial charge is 0.327 e. The third kappa shape index (κ3) is 4.95. The van der Waals surface area contributed by atoms with Crippen LogP contribution >= 0.6 is 47.3 Å². The molecule has 2 aromatic carbocycles. The standard InChI is InChI=1S/C18H15ClN2O3S3/c19-11-6-7-14-12(8-11)21-18(26-14)27-15(10-4-2-1-3-5-10)16(22)20-13(9-25)17(23)24/h1-8,13,15,25H,9H2,(H,20,22)(H,23,24)/t13-,15+/m0/s1. The molecule has 0 saturated heterocycles. The van der Waals surface area contributed by atoms with E-state index < -0.39 is 23.2 Å². The average Bonchev–Trinajstić information content (AvgIpc) is 3.06. The first kappa shape index (κ1) is 20.0. The van der Waals surface area contributed by atoms with Crippen LogP contribution in [-0.2, 0) is 9.59 Å². The quantitative estimate of drug-likeness (QED) is 0.379. The van der Waals surface area contributed by atoms with Crippen LogP contribution in [0.15, 0.2) is 52.9 Å². The van der Waals surface area contributed by atoms with Crippen LogP contribution in [0.1, 0.15) is 10.8 Å². The molecule has 0 aliphatic heterocycles. The highest BCUT2D eigenvalue weighted by Gasteiger charge is 2.27. The molecule has 0 radical (unpaired) electrons. The zero-order valence-corrected chi connectivity index (χ0v) is 17.1. The van der Waals surface area contributed by atoms with Gasteiger partial charge in [0.2, 0.25) is 5.91 Å². The van der Waals surface area contributed by atoms with E-state index in [4.69, 9.17) is 11.6 Å². The zero-order chi connectivity index (χ0) is 19.4. The van der Waals surface area contributed by atoms with Gasteiger partial charge in [0, 0.05) is 10.8 Å². The molecule has 3 aromatic rings. The van der Waals surface area contributed by atoms with Gasteiger partial charge in [-0.05, 0) is 23.8 Å². The number of aromatic nitrogens is 1. The molecule has 0 spiro atoms. The number of hydrogen-bond donors (Lipinski definition) is 3. The average molecular weight is 439 g/mol. The molecule has 140 valence electrons. The number of rotatable bonds is 7. The summed E-state index contributed by atoms with van der Waals surface area (Å²) in [4.78, 5) is 28.6.